The van der Waals surface area contributed by atoms with Crippen molar-refractivity contribution in [1.29, 1.82) is 0 Å². The fraction of sp³-hybridized carbons (Fsp3) is 0.692. The van der Waals surface area contributed by atoms with E-state index >= 15 is 0 Å². The van der Waals surface area contributed by atoms with Crippen LogP contribution >= 0.6 is 0 Å². The first-order valence-corrected chi connectivity index (χ1v) is 6.23. The number of hydrogen-bond donors (Lipinski definition) is 2. The van der Waals surface area contributed by atoms with Crippen LogP contribution < -0.4 is 5.32 Å². The van der Waals surface area contributed by atoms with Crippen molar-refractivity contribution in [3.05, 3.63) is 23.7 Å². The van der Waals surface area contributed by atoms with Gasteiger partial charge in [0.25, 0.3) is 0 Å². The Morgan fingerprint density at radius 1 is 1.35 bits per heavy atom. The zero-order chi connectivity index (χ0) is 12.7. The monoisotopic (exact) mass is 240 g/mol. The second-order valence-corrected chi connectivity index (χ2v) is 4.63. The van der Waals surface area contributed by atoms with Crippen molar-refractivity contribution in [3.8, 4) is 0 Å². The quantitative estimate of drug-likeness (QED) is 0.678. The van der Waals surface area contributed by atoms with Crippen LogP contribution in [0.25, 0.3) is 0 Å². The number of aliphatic hydroxyl groups is 1. The van der Waals surface area contributed by atoms with Gasteiger partial charge in [0.15, 0.2) is 0 Å². The molecule has 1 heterocycles. The number of nitrogens with zero attached hydrogens (tertiary/aromatic N) is 1. The van der Waals surface area contributed by atoms with Crippen LogP contribution in [0.15, 0.2) is 16.5 Å². The third-order valence-electron chi connectivity index (χ3n) is 2.92. The number of rotatable bonds is 8. The zero-order valence-electron chi connectivity index (χ0n) is 11.1. The molecule has 1 rings (SSSR count). The summed E-state index contributed by atoms with van der Waals surface area (Å²) in [7, 11) is 2.14. The molecule has 1 aromatic heterocycles. The van der Waals surface area contributed by atoms with Gasteiger partial charge in [0.2, 0.25) is 0 Å². The molecule has 0 aliphatic heterocycles. The van der Waals surface area contributed by atoms with Gasteiger partial charge in [0, 0.05) is 6.04 Å². The van der Waals surface area contributed by atoms with Crippen LogP contribution in [0.5, 0.6) is 0 Å². The lowest BCUT2D eigenvalue weighted by Gasteiger charge is -2.20. The van der Waals surface area contributed by atoms with E-state index in [4.69, 9.17) is 9.52 Å². The SMILES string of the molecule is CC(C)N(C)CCCNCc1ccc(CO)o1. The molecule has 0 radical (unpaired) electrons. The van der Waals surface area contributed by atoms with Gasteiger partial charge in [0.1, 0.15) is 18.1 Å². The van der Waals surface area contributed by atoms with Crippen LogP contribution in [0.1, 0.15) is 31.8 Å². The fourth-order valence-corrected chi connectivity index (χ4v) is 1.53. The van der Waals surface area contributed by atoms with E-state index in [9.17, 15) is 0 Å². The van der Waals surface area contributed by atoms with Gasteiger partial charge >= 0.3 is 0 Å². The lowest BCUT2D eigenvalue weighted by molar-refractivity contribution is 0.242. The summed E-state index contributed by atoms with van der Waals surface area (Å²) in [4.78, 5) is 2.33. The van der Waals surface area contributed by atoms with E-state index in [1.807, 2.05) is 12.1 Å². The predicted molar refractivity (Wildman–Crippen MR) is 68.7 cm³/mol. The Balaban J connectivity index is 2.08. The van der Waals surface area contributed by atoms with Gasteiger partial charge in [-0.1, -0.05) is 0 Å². The molecular weight excluding hydrogens is 216 g/mol. The van der Waals surface area contributed by atoms with Crippen LogP contribution in [0.3, 0.4) is 0 Å². The van der Waals surface area contributed by atoms with Crippen molar-refractivity contribution in [2.75, 3.05) is 20.1 Å². The second-order valence-electron chi connectivity index (χ2n) is 4.63. The van der Waals surface area contributed by atoms with Gasteiger partial charge < -0.3 is 19.7 Å². The van der Waals surface area contributed by atoms with E-state index in [1.165, 1.54) is 0 Å². The Labute approximate surface area is 104 Å². The highest BCUT2D eigenvalue weighted by molar-refractivity contribution is 5.05. The van der Waals surface area contributed by atoms with Crippen LogP contribution in [0.2, 0.25) is 0 Å². The highest BCUT2D eigenvalue weighted by Gasteiger charge is 2.03. The number of furan rings is 1. The highest BCUT2D eigenvalue weighted by Crippen LogP contribution is 2.06. The largest absolute Gasteiger partial charge is 0.462 e. The molecule has 0 atom stereocenters. The van der Waals surface area contributed by atoms with E-state index in [0.717, 1.165) is 31.8 Å². The smallest absolute Gasteiger partial charge is 0.129 e. The van der Waals surface area contributed by atoms with Crippen LogP contribution in [-0.2, 0) is 13.2 Å². The summed E-state index contributed by atoms with van der Waals surface area (Å²) in [6.07, 6.45) is 1.13. The molecule has 0 aromatic carbocycles. The third kappa shape index (κ3) is 5.35. The Morgan fingerprint density at radius 3 is 2.65 bits per heavy atom. The molecule has 1 aromatic rings. The Hall–Kier alpha value is -0.840. The minimum atomic E-state index is -0.0286. The summed E-state index contributed by atoms with van der Waals surface area (Å²) in [5.74, 6) is 1.51. The minimum Gasteiger partial charge on any atom is -0.462 e. The minimum absolute atomic E-state index is 0.0286. The molecule has 2 N–H and O–H groups in total. The molecule has 0 amide bonds. The van der Waals surface area contributed by atoms with Gasteiger partial charge in [-0.05, 0) is 52.5 Å². The Morgan fingerprint density at radius 2 is 2.06 bits per heavy atom. The fourth-order valence-electron chi connectivity index (χ4n) is 1.53. The van der Waals surface area contributed by atoms with E-state index in [0.29, 0.717) is 11.8 Å². The lowest BCUT2D eigenvalue weighted by atomic mass is 10.3. The molecule has 0 aliphatic rings. The molecule has 98 valence electrons. The van der Waals surface area contributed by atoms with Crippen LogP contribution in [0, 0.1) is 0 Å². The molecular formula is C13H24N2O2. The topological polar surface area (TPSA) is 48.6 Å². The van der Waals surface area contributed by atoms with Gasteiger partial charge in [-0.15, -0.1) is 0 Å². The molecule has 4 heteroatoms. The van der Waals surface area contributed by atoms with Crippen molar-refractivity contribution < 1.29 is 9.52 Å². The Kier molecular flexibility index (Phi) is 6.26. The van der Waals surface area contributed by atoms with Crippen LogP contribution in [-0.4, -0.2) is 36.2 Å². The lowest BCUT2D eigenvalue weighted by Crippen LogP contribution is -2.29. The van der Waals surface area contributed by atoms with E-state index in [1.54, 1.807) is 0 Å². The van der Waals surface area contributed by atoms with Gasteiger partial charge in [-0.25, -0.2) is 0 Å². The second kappa shape index (κ2) is 7.48. The zero-order valence-corrected chi connectivity index (χ0v) is 11.1. The molecule has 0 spiro atoms. The van der Waals surface area contributed by atoms with Gasteiger partial charge in [0.05, 0.1) is 6.54 Å². The first-order chi connectivity index (χ1) is 8.13. The molecule has 4 nitrogen and oxygen atoms in total. The molecule has 17 heavy (non-hydrogen) atoms. The summed E-state index contributed by atoms with van der Waals surface area (Å²) in [6, 6.07) is 4.31. The summed E-state index contributed by atoms with van der Waals surface area (Å²) in [5.41, 5.74) is 0. The van der Waals surface area contributed by atoms with E-state index in [2.05, 4.69) is 31.1 Å². The maximum atomic E-state index is 8.85. The van der Waals surface area contributed by atoms with Crippen molar-refractivity contribution in [1.82, 2.24) is 10.2 Å². The van der Waals surface area contributed by atoms with E-state index in [-0.39, 0.29) is 6.61 Å². The summed E-state index contributed by atoms with van der Waals surface area (Å²) in [6.45, 7) is 7.18. The van der Waals surface area contributed by atoms with Crippen LogP contribution in [0.4, 0.5) is 0 Å². The summed E-state index contributed by atoms with van der Waals surface area (Å²) in [5, 5.41) is 12.2. The predicted octanol–water partition coefficient (Wildman–Crippen LogP) is 1.59. The first kappa shape index (κ1) is 14.2. The van der Waals surface area contributed by atoms with E-state index < -0.39 is 0 Å². The van der Waals surface area contributed by atoms with Crippen molar-refractivity contribution in [2.24, 2.45) is 0 Å². The number of aliphatic hydroxyl groups excluding tert-OH is 1. The normalized spacial score (nSPS) is 11.6. The standard InChI is InChI=1S/C13H24N2O2/c1-11(2)15(3)8-4-7-14-9-12-5-6-13(10-16)17-12/h5-6,11,14,16H,4,7-10H2,1-3H3. The maximum Gasteiger partial charge on any atom is 0.129 e. The first-order valence-electron chi connectivity index (χ1n) is 6.23. The number of nitrogens with one attached hydrogen (secondary N) is 1. The van der Waals surface area contributed by atoms with Crippen molar-refractivity contribution in [2.45, 2.75) is 39.5 Å². The molecule has 0 fully saturated rings. The maximum absolute atomic E-state index is 8.85. The average Bonchev–Trinajstić information content (AvgIpc) is 2.76. The number of hydrogen-bond acceptors (Lipinski definition) is 4. The van der Waals surface area contributed by atoms with Crippen molar-refractivity contribution >= 4 is 0 Å². The molecule has 0 saturated carbocycles. The van der Waals surface area contributed by atoms with Gasteiger partial charge in [-0.2, -0.15) is 0 Å². The molecule has 0 bridgehead atoms. The molecule has 0 unspecified atom stereocenters. The van der Waals surface area contributed by atoms with Crippen molar-refractivity contribution in [3.63, 3.8) is 0 Å². The molecule has 0 saturated heterocycles. The Bertz CT molecular complexity index is 310. The molecule has 0 aliphatic carbocycles. The summed E-state index contributed by atoms with van der Waals surface area (Å²) >= 11 is 0. The highest BCUT2D eigenvalue weighted by atomic mass is 16.4. The van der Waals surface area contributed by atoms with Gasteiger partial charge in [-0.3, -0.25) is 0 Å². The average molecular weight is 240 g/mol. The summed E-state index contributed by atoms with van der Waals surface area (Å²) < 4.78 is 5.38. The third-order valence-corrected chi connectivity index (χ3v) is 2.92.